The van der Waals surface area contributed by atoms with Gasteiger partial charge in [-0.05, 0) is 17.7 Å². The van der Waals surface area contributed by atoms with E-state index in [2.05, 4.69) is 24.0 Å². The lowest BCUT2D eigenvalue weighted by Crippen LogP contribution is -2.35. The lowest BCUT2D eigenvalue weighted by atomic mass is 9.94. The van der Waals surface area contributed by atoms with E-state index < -0.39 is 6.10 Å². The van der Waals surface area contributed by atoms with E-state index in [9.17, 15) is 5.11 Å². The van der Waals surface area contributed by atoms with Crippen molar-refractivity contribution in [3.63, 3.8) is 0 Å². The van der Waals surface area contributed by atoms with Crippen molar-refractivity contribution in [3.05, 3.63) is 71.8 Å². The summed E-state index contributed by atoms with van der Waals surface area (Å²) in [6.07, 6.45) is -0.569. The lowest BCUT2D eigenvalue weighted by molar-refractivity contribution is 0.0347. The normalized spacial score (nSPS) is 14.0. The van der Waals surface area contributed by atoms with Crippen LogP contribution in [-0.4, -0.2) is 36.8 Å². The van der Waals surface area contributed by atoms with E-state index >= 15 is 0 Å². The quantitative estimate of drug-likeness (QED) is 0.810. The molecule has 0 fully saturated rings. The molecule has 0 heterocycles. The van der Waals surface area contributed by atoms with Crippen LogP contribution in [0.3, 0.4) is 0 Å². The first-order valence-electron chi connectivity index (χ1n) is 7.78. The molecular formula is C19H25NO2. The highest BCUT2D eigenvalue weighted by Crippen LogP contribution is 2.33. The predicted molar refractivity (Wildman–Crippen MR) is 89.7 cm³/mol. The molecule has 0 saturated carbocycles. The van der Waals surface area contributed by atoms with Crippen LogP contribution in [0.1, 0.15) is 30.2 Å². The minimum atomic E-state index is -0.569. The summed E-state index contributed by atoms with van der Waals surface area (Å²) in [6.45, 7) is 4.41. The lowest BCUT2D eigenvalue weighted by Gasteiger charge is -2.34. The fourth-order valence-corrected chi connectivity index (χ4v) is 2.78. The van der Waals surface area contributed by atoms with Gasteiger partial charge < -0.3 is 9.84 Å². The second kappa shape index (κ2) is 8.69. The molecular weight excluding hydrogens is 274 g/mol. The van der Waals surface area contributed by atoms with Crippen molar-refractivity contribution in [2.45, 2.75) is 19.1 Å². The molecule has 0 aromatic heterocycles. The minimum Gasteiger partial charge on any atom is -0.386 e. The molecule has 22 heavy (non-hydrogen) atoms. The number of ether oxygens (including phenoxy) is 1. The third-order valence-electron chi connectivity index (χ3n) is 3.96. The molecule has 0 amide bonds. The largest absolute Gasteiger partial charge is 0.386 e. The van der Waals surface area contributed by atoms with Crippen molar-refractivity contribution in [2.75, 3.05) is 26.8 Å². The van der Waals surface area contributed by atoms with Crippen LogP contribution >= 0.6 is 0 Å². The molecule has 1 N–H and O–H groups in total. The number of methoxy groups -OCH3 is 1. The Hall–Kier alpha value is -1.68. The average molecular weight is 299 g/mol. The van der Waals surface area contributed by atoms with Gasteiger partial charge in [-0.1, -0.05) is 67.6 Å². The van der Waals surface area contributed by atoms with E-state index in [4.69, 9.17) is 4.74 Å². The van der Waals surface area contributed by atoms with E-state index in [1.165, 1.54) is 0 Å². The van der Waals surface area contributed by atoms with Crippen molar-refractivity contribution in [3.8, 4) is 0 Å². The summed E-state index contributed by atoms with van der Waals surface area (Å²) >= 11 is 0. The van der Waals surface area contributed by atoms with E-state index in [0.29, 0.717) is 6.61 Å². The number of nitrogens with zero attached hydrogens (tertiary/aromatic N) is 1. The smallest absolute Gasteiger partial charge is 0.0986 e. The molecule has 3 nitrogen and oxygen atoms in total. The van der Waals surface area contributed by atoms with Gasteiger partial charge in [-0.25, -0.2) is 0 Å². The number of benzene rings is 2. The van der Waals surface area contributed by atoms with Crippen LogP contribution < -0.4 is 0 Å². The van der Waals surface area contributed by atoms with Crippen LogP contribution in [0.4, 0.5) is 0 Å². The zero-order chi connectivity index (χ0) is 15.8. The maximum atomic E-state index is 11.0. The monoisotopic (exact) mass is 299 g/mol. The molecule has 0 radical (unpaired) electrons. The predicted octanol–water partition coefficient (Wildman–Crippen LogP) is 3.43. The van der Waals surface area contributed by atoms with Gasteiger partial charge in [0.1, 0.15) is 0 Å². The molecule has 0 aliphatic carbocycles. The summed E-state index contributed by atoms with van der Waals surface area (Å²) in [6, 6.07) is 20.0. The number of hydrogen-bond donors (Lipinski definition) is 1. The van der Waals surface area contributed by atoms with Gasteiger partial charge >= 0.3 is 0 Å². The maximum Gasteiger partial charge on any atom is 0.0986 e. The van der Waals surface area contributed by atoms with Gasteiger partial charge in [-0.2, -0.15) is 0 Å². The standard InChI is InChI=1S/C19H25NO2/c1-3-20(14-15-22-2)18(16-10-6-4-7-11-16)19(21)17-12-8-5-9-13-17/h4-13,18-19,21H,3,14-15H2,1-2H3/t18-,19-/m1/s1. The van der Waals surface area contributed by atoms with Crippen LogP contribution in [0, 0.1) is 0 Å². The van der Waals surface area contributed by atoms with E-state index in [0.717, 1.165) is 24.2 Å². The summed E-state index contributed by atoms with van der Waals surface area (Å²) in [4.78, 5) is 2.26. The topological polar surface area (TPSA) is 32.7 Å². The van der Waals surface area contributed by atoms with Crippen molar-refractivity contribution in [1.29, 1.82) is 0 Å². The highest BCUT2D eigenvalue weighted by Gasteiger charge is 2.27. The van der Waals surface area contributed by atoms with Gasteiger partial charge in [0.05, 0.1) is 18.8 Å². The van der Waals surface area contributed by atoms with Gasteiger partial charge in [0.15, 0.2) is 0 Å². The molecule has 2 aromatic carbocycles. The fraction of sp³-hybridized carbons (Fsp3) is 0.368. The number of aliphatic hydroxyl groups excluding tert-OH is 1. The second-order valence-corrected chi connectivity index (χ2v) is 5.33. The Morgan fingerprint density at radius 1 is 0.955 bits per heavy atom. The van der Waals surface area contributed by atoms with Crippen molar-refractivity contribution in [1.82, 2.24) is 4.90 Å². The molecule has 0 spiro atoms. The van der Waals surface area contributed by atoms with E-state index in [1.54, 1.807) is 7.11 Å². The first-order chi connectivity index (χ1) is 10.8. The van der Waals surface area contributed by atoms with Crippen LogP contribution in [0.25, 0.3) is 0 Å². The zero-order valence-electron chi connectivity index (χ0n) is 13.4. The first-order valence-corrected chi connectivity index (χ1v) is 7.78. The highest BCUT2D eigenvalue weighted by molar-refractivity contribution is 5.26. The second-order valence-electron chi connectivity index (χ2n) is 5.33. The molecule has 0 saturated heterocycles. The van der Waals surface area contributed by atoms with Gasteiger partial charge in [0.2, 0.25) is 0 Å². The molecule has 118 valence electrons. The Balaban J connectivity index is 2.32. The third kappa shape index (κ3) is 4.17. The van der Waals surface area contributed by atoms with Crippen LogP contribution in [0.15, 0.2) is 60.7 Å². The average Bonchev–Trinajstić information content (AvgIpc) is 2.59. The molecule has 0 aliphatic heterocycles. The molecule has 0 unspecified atom stereocenters. The van der Waals surface area contributed by atoms with E-state index in [1.807, 2.05) is 48.5 Å². The van der Waals surface area contributed by atoms with Gasteiger partial charge in [0.25, 0.3) is 0 Å². The number of rotatable bonds is 8. The molecule has 3 heteroatoms. The molecule has 2 rings (SSSR count). The Morgan fingerprint density at radius 3 is 2.00 bits per heavy atom. The Labute approximate surface area is 133 Å². The zero-order valence-corrected chi connectivity index (χ0v) is 13.4. The Bertz CT molecular complexity index is 530. The number of hydrogen-bond acceptors (Lipinski definition) is 3. The summed E-state index contributed by atoms with van der Waals surface area (Å²) in [5, 5.41) is 11.0. The number of likely N-dealkylation sites (N-methyl/N-ethyl adjacent to an activating group) is 1. The third-order valence-corrected chi connectivity index (χ3v) is 3.96. The summed E-state index contributed by atoms with van der Waals surface area (Å²) in [7, 11) is 1.71. The minimum absolute atomic E-state index is 0.0799. The number of aliphatic hydroxyl groups is 1. The fourth-order valence-electron chi connectivity index (χ4n) is 2.78. The van der Waals surface area contributed by atoms with Gasteiger partial charge in [-0.15, -0.1) is 0 Å². The first kappa shape index (κ1) is 16.7. The molecule has 0 aliphatic rings. The van der Waals surface area contributed by atoms with E-state index in [-0.39, 0.29) is 6.04 Å². The summed E-state index contributed by atoms with van der Waals surface area (Å²) in [5.74, 6) is 0. The Kier molecular flexibility index (Phi) is 6.59. The molecule has 2 atom stereocenters. The van der Waals surface area contributed by atoms with Crippen LogP contribution in [-0.2, 0) is 4.74 Å². The van der Waals surface area contributed by atoms with Crippen molar-refractivity contribution < 1.29 is 9.84 Å². The SMILES string of the molecule is CCN(CCOC)[C@H](c1ccccc1)[C@H](O)c1ccccc1. The van der Waals surface area contributed by atoms with Crippen LogP contribution in [0.5, 0.6) is 0 Å². The summed E-state index contributed by atoms with van der Waals surface area (Å²) < 4.78 is 5.22. The van der Waals surface area contributed by atoms with Crippen LogP contribution in [0.2, 0.25) is 0 Å². The van der Waals surface area contributed by atoms with Crippen molar-refractivity contribution >= 4 is 0 Å². The molecule has 0 bridgehead atoms. The van der Waals surface area contributed by atoms with Crippen molar-refractivity contribution in [2.24, 2.45) is 0 Å². The highest BCUT2D eigenvalue weighted by atomic mass is 16.5. The van der Waals surface area contributed by atoms with Gasteiger partial charge in [-0.3, -0.25) is 4.90 Å². The molecule has 2 aromatic rings. The summed E-state index contributed by atoms with van der Waals surface area (Å²) in [5.41, 5.74) is 2.06. The Morgan fingerprint density at radius 2 is 1.50 bits per heavy atom. The van der Waals surface area contributed by atoms with Gasteiger partial charge in [0, 0.05) is 13.7 Å². The maximum absolute atomic E-state index is 11.0.